The van der Waals surface area contributed by atoms with Crippen LogP contribution in [0.1, 0.15) is 81.5 Å². The van der Waals surface area contributed by atoms with Crippen LogP contribution in [-0.2, 0) is 26.1 Å². The zero-order valence-electron chi connectivity index (χ0n) is 28.7. The van der Waals surface area contributed by atoms with Crippen molar-refractivity contribution in [3.63, 3.8) is 0 Å². The van der Waals surface area contributed by atoms with Crippen LogP contribution in [-0.4, -0.2) is 32.4 Å². The van der Waals surface area contributed by atoms with Gasteiger partial charge in [0.05, 0.1) is 20.3 Å². The Balaban J connectivity index is 0.000000203. The molecule has 0 aromatic heterocycles. The molecular formula is C42H48O6. The number of carbonyl (C=O) groups excluding carboxylic acids is 2. The number of carbonyl (C=O) groups is 2. The van der Waals surface area contributed by atoms with Crippen molar-refractivity contribution in [1.82, 2.24) is 0 Å². The van der Waals surface area contributed by atoms with E-state index in [1.807, 2.05) is 36.4 Å². The number of esters is 1. The van der Waals surface area contributed by atoms with Gasteiger partial charge in [0, 0.05) is 12.3 Å². The molecule has 0 amide bonds. The van der Waals surface area contributed by atoms with E-state index in [9.17, 15) is 9.59 Å². The molecule has 4 aromatic rings. The maximum atomic E-state index is 11.7. The molecule has 6 nitrogen and oxygen atoms in total. The van der Waals surface area contributed by atoms with Gasteiger partial charge >= 0.3 is 12.1 Å². The van der Waals surface area contributed by atoms with Crippen LogP contribution in [0.15, 0.2) is 84.9 Å². The SMILES string of the molecule is C1CC2C3CCC(C3)C2C1.CCOC(=O)Oc1ccc(C2(c3ccc(OC)cc3)Cc3cccc4cccc2c34)cc1.CCOC(C)=O. The Morgan fingerprint density at radius 2 is 1.31 bits per heavy atom. The Hall–Kier alpha value is -4.32. The summed E-state index contributed by atoms with van der Waals surface area (Å²) in [6, 6.07) is 29.1. The minimum atomic E-state index is -0.692. The molecule has 0 saturated heterocycles. The minimum Gasteiger partial charge on any atom is -0.497 e. The summed E-state index contributed by atoms with van der Waals surface area (Å²) in [4.78, 5) is 21.5. The van der Waals surface area contributed by atoms with Crippen LogP contribution in [0.5, 0.6) is 11.5 Å². The van der Waals surface area contributed by atoms with Gasteiger partial charge in [-0.1, -0.05) is 67.1 Å². The highest BCUT2D eigenvalue weighted by atomic mass is 16.7. The van der Waals surface area contributed by atoms with Crippen molar-refractivity contribution >= 4 is 22.9 Å². The molecule has 5 unspecified atom stereocenters. The number of benzene rings is 4. The molecule has 4 aromatic carbocycles. The van der Waals surface area contributed by atoms with Gasteiger partial charge in [0.25, 0.3) is 0 Å². The fraction of sp³-hybridized carbons (Fsp3) is 0.429. The van der Waals surface area contributed by atoms with E-state index in [0.717, 1.165) is 17.7 Å². The van der Waals surface area contributed by atoms with Crippen molar-refractivity contribution in [1.29, 1.82) is 0 Å². The quantitative estimate of drug-likeness (QED) is 0.153. The van der Waals surface area contributed by atoms with E-state index in [1.54, 1.807) is 59.5 Å². The topological polar surface area (TPSA) is 71.1 Å². The van der Waals surface area contributed by atoms with Gasteiger partial charge in [-0.05, 0) is 133 Å². The Kier molecular flexibility index (Phi) is 10.4. The zero-order chi connectivity index (χ0) is 33.7. The summed E-state index contributed by atoms with van der Waals surface area (Å²) in [7, 11) is 1.68. The van der Waals surface area contributed by atoms with E-state index in [1.165, 1.54) is 58.1 Å². The summed E-state index contributed by atoms with van der Waals surface area (Å²) >= 11 is 0. The Bertz CT molecular complexity index is 1690. The van der Waals surface area contributed by atoms with Gasteiger partial charge in [0.15, 0.2) is 0 Å². The van der Waals surface area contributed by atoms with Crippen LogP contribution in [0, 0.1) is 23.7 Å². The van der Waals surface area contributed by atoms with Crippen molar-refractivity contribution in [2.75, 3.05) is 20.3 Å². The zero-order valence-corrected chi connectivity index (χ0v) is 28.7. The van der Waals surface area contributed by atoms with Crippen LogP contribution >= 0.6 is 0 Å². The summed E-state index contributed by atoms with van der Waals surface area (Å²) < 4.78 is 20.0. The van der Waals surface area contributed by atoms with Gasteiger partial charge in [0.1, 0.15) is 11.5 Å². The number of hydrogen-bond acceptors (Lipinski definition) is 6. The van der Waals surface area contributed by atoms with E-state index >= 15 is 0 Å². The van der Waals surface area contributed by atoms with Crippen LogP contribution < -0.4 is 9.47 Å². The molecule has 252 valence electrons. The van der Waals surface area contributed by atoms with Gasteiger partial charge < -0.3 is 18.9 Å². The fourth-order valence-corrected chi connectivity index (χ4v) is 9.13. The molecule has 0 heterocycles. The number of rotatable bonds is 6. The molecule has 4 aliphatic rings. The summed E-state index contributed by atoms with van der Waals surface area (Å²) in [5.41, 5.74) is 4.61. The van der Waals surface area contributed by atoms with Crippen LogP contribution in [0.3, 0.4) is 0 Å². The maximum Gasteiger partial charge on any atom is 0.513 e. The molecule has 5 atom stereocenters. The van der Waals surface area contributed by atoms with Crippen LogP contribution in [0.2, 0.25) is 0 Å². The van der Waals surface area contributed by atoms with Crippen molar-refractivity contribution in [3.05, 3.63) is 107 Å². The van der Waals surface area contributed by atoms with Crippen LogP contribution in [0.4, 0.5) is 4.79 Å². The highest BCUT2D eigenvalue weighted by Crippen LogP contribution is 2.58. The molecule has 4 aliphatic carbocycles. The van der Waals surface area contributed by atoms with Gasteiger partial charge in [-0.2, -0.15) is 0 Å². The largest absolute Gasteiger partial charge is 0.513 e. The lowest BCUT2D eigenvalue weighted by Crippen LogP contribution is -2.28. The second-order valence-electron chi connectivity index (χ2n) is 13.5. The highest BCUT2D eigenvalue weighted by molar-refractivity contribution is 5.94. The highest BCUT2D eigenvalue weighted by Gasteiger charge is 2.49. The summed E-state index contributed by atoms with van der Waals surface area (Å²) in [6.45, 7) is 5.68. The molecule has 0 spiro atoms. The van der Waals surface area contributed by atoms with E-state index in [0.29, 0.717) is 12.4 Å². The van der Waals surface area contributed by atoms with Gasteiger partial charge in [-0.15, -0.1) is 0 Å². The lowest BCUT2D eigenvalue weighted by atomic mass is 9.69. The molecule has 3 saturated carbocycles. The molecule has 8 rings (SSSR count). The predicted octanol–water partition coefficient (Wildman–Crippen LogP) is 9.68. The first-order valence-corrected chi connectivity index (χ1v) is 17.6. The normalized spacial score (nSPS) is 24.1. The van der Waals surface area contributed by atoms with E-state index in [4.69, 9.17) is 14.2 Å². The lowest BCUT2D eigenvalue weighted by molar-refractivity contribution is -0.140. The molecule has 2 bridgehead atoms. The number of methoxy groups -OCH3 is 1. The Morgan fingerprint density at radius 1 is 0.729 bits per heavy atom. The van der Waals surface area contributed by atoms with Crippen molar-refractivity contribution in [3.8, 4) is 11.5 Å². The average molecular weight is 649 g/mol. The first kappa shape index (κ1) is 33.6. The van der Waals surface area contributed by atoms with E-state index in [-0.39, 0.29) is 18.0 Å². The second-order valence-corrected chi connectivity index (χ2v) is 13.5. The lowest BCUT2D eigenvalue weighted by Gasteiger charge is -2.32. The number of ether oxygens (including phenoxy) is 4. The summed E-state index contributed by atoms with van der Waals surface area (Å²) in [5.74, 6) is 5.88. The summed E-state index contributed by atoms with van der Waals surface area (Å²) in [6.07, 6.45) is 9.70. The third-order valence-corrected chi connectivity index (χ3v) is 11.0. The predicted molar refractivity (Wildman–Crippen MR) is 189 cm³/mol. The maximum absolute atomic E-state index is 11.7. The number of hydrogen-bond donors (Lipinski definition) is 0. The Morgan fingerprint density at radius 3 is 1.85 bits per heavy atom. The minimum absolute atomic E-state index is 0.211. The van der Waals surface area contributed by atoms with Crippen molar-refractivity contribution in [2.45, 2.75) is 71.1 Å². The fourth-order valence-electron chi connectivity index (χ4n) is 9.13. The molecule has 3 fully saturated rings. The van der Waals surface area contributed by atoms with Gasteiger partial charge in [0.2, 0.25) is 0 Å². The molecular weight excluding hydrogens is 600 g/mol. The Labute approximate surface area is 284 Å². The molecule has 6 heteroatoms. The van der Waals surface area contributed by atoms with Gasteiger partial charge in [-0.25, -0.2) is 4.79 Å². The van der Waals surface area contributed by atoms with E-state index < -0.39 is 6.16 Å². The molecule has 0 radical (unpaired) electrons. The third kappa shape index (κ3) is 6.67. The van der Waals surface area contributed by atoms with E-state index in [2.05, 4.69) is 53.3 Å². The molecule has 48 heavy (non-hydrogen) atoms. The first-order valence-electron chi connectivity index (χ1n) is 17.6. The second kappa shape index (κ2) is 14.8. The molecule has 0 N–H and O–H groups in total. The van der Waals surface area contributed by atoms with Crippen molar-refractivity contribution < 1.29 is 28.5 Å². The average Bonchev–Trinajstić information content (AvgIpc) is 3.90. The van der Waals surface area contributed by atoms with Gasteiger partial charge in [-0.3, -0.25) is 4.79 Å². The smallest absolute Gasteiger partial charge is 0.497 e. The molecule has 0 aliphatic heterocycles. The monoisotopic (exact) mass is 648 g/mol. The standard InChI is InChI=1S/C28H24O4.C10H16.C4H8O2/c1-3-31-27(29)32-24-16-12-22(13-17-24)28(21-10-14-23(30-2)15-11-21)18-20-8-4-6-19-7-5-9-25(28)26(19)20;1-2-9-7-4-5-8(6-7)10(9)3-1;1-3-6-4(2)5/h4-17H,3,18H2,1-2H3;7-10H,1-6H2;3H2,1-2H3. The van der Waals surface area contributed by atoms with Crippen molar-refractivity contribution in [2.24, 2.45) is 23.7 Å². The summed E-state index contributed by atoms with van der Waals surface area (Å²) in [5, 5.41) is 2.57. The first-order chi connectivity index (χ1) is 23.4. The number of fused-ring (bicyclic) bond motifs is 5. The third-order valence-electron chi connectivity index (χ3n) is 11.0. The van der Waals surface area contributed by atoms with Crippen LogP contribution in [0.25, 0.3) is 10.8 Å².